The number of benzene rings is 2. The van der Waals surface area contributed by atoms with Crippen LogP contribution in [0.1, 0.15) is 48.3 Å². The topological polar surface area (TPSA) is 70.8 Å². The first-order valence-electron chi connectivity index (χ1n) is 10.2. The second-order valence-corrected chi connectivity index (χ2v) is 9.71. The van der Waals surface area contributed by atoms with Crippen LogP contribution in [0.15, 0.2) is 63.9 Å². The van der Waals surface area contributed by atoms with Crippen LogP contribution in [0.5, 0.6) is 0 Å². The third kappa shape index (κ3) is 3.87. The molecule has 1 aliphatic rings. The highest BCUT2D eigenvalue weighted by Crippen LogP contribution is 2.28. The maximum Gasteiger partial charge on any atom is 0.254 e. The van der Waals surface area contributed by atoms with E-state index in [0.29, 0.717) is 24.4 Å². The van der Waals surface area contributed by atoms with Crippen molar-refractivity contribution in [1.29, 1.82) is 0 Å². The van der Waals surface area contributed by atoms with E-state index in [1.807, 2.05) is 37.3 Å². The molecule has 6 nitrogen and oxygen atoms in total. The van der Waals surface area contributed by atoms with E-state index in [1.54, 1.807) is 30.1 Å². The summed E-state index contributed by atoms with van der Waals surface area (Å²) in [4.78, 5) is 14.8. The number of fused-ring (bicyclic) bond motifs is 1. The highest BCUT2D eigenvalue weighted by atomic mass is 32.2. The number of hydrogen-bond donors (Lipinski definition) is 0. The van der Waals surface area contributed by atoms with Crippen molar-refractivity contribution in [1.82, 2.24) is 9.21 Å². The van der Waals surface area contributed by atoms with Crippen LogP contribution in [0.4, 0.5) is 0 Å². The fourth-order valence-corrected chi connectivity index (χ4v) is 5.39. The Morgan fingerprint density at radius 3 is 2.50 bits per heavy atom. The van der Waals surface area contributed by atoms with Gasteiger partial charge in [0.1, 0.15) is 11.3 Å². The zero-order valence-corrected chi connectivity index (χ0v) is 18.1. The van der Waals surface area contributed by atoms with Crippen molar-refractivity contribution in [2.45, 2.75) is 37.1 Å². The second-order valence-electron chi connectivity index (χ2n) is 7.77. The number of amides is 1. The molecule has 30 heavy (non-hydrogen) atoms. The molecule has 158 valence electrons. The minimum atomic E-state index is -3.59. The van der Waals surface area contributed by atoms with E-state index in [-0.39, 0.29) is 16.8 Å². The molecule has 1 aromatic heterocycles. The number of para-hydroxylation sites is 1. The van der Waals surface area contributed by atoms with Gasteiger partial charge in [-0.2, -0.15) is 4.31 Å². The molecule has 1 fully saturated rings. The predicted molar refractivity (Wildman–Crippen MR) is 116 cm³/mol. The SMILES string of the molecule is C[C@@H](c1cc2ccccc2o1)N(C)C(=O)c1cccc(S(=O)(=O)N2CCCCC2)c1. The molecule has 0 radical (unpaired) electrons. The van der Waals surface area contributed by atoms with Crippen LogP contribution in [-0.4, -0.2) is 43.7 Å². The molecule has 3 aromatic rings. The summed E-state index contributed by atoms with van der Waals surface area (Å²) in [5.41, 5.74) is 1.12. The molecule has 1 saturated heterocycles. The van der Waals surface area contributed by atoms with Gasteiger partial charge in [0.25, 0.3) is 5.91 Å². The van der Waals surface area contributed by atoms with Gasteiger partial charge < -0.3 is 9.32 Å². The Bertz CT molecular complexity index is 1130. The summed E-state index contributed by atoms with van der Waals surface area (Å²) in [5, 5.41) is 0.981. The summed E-state index contributed by atoms with van der Waals surface area (Å²) >= 11 is 0. The summed E-state index contributed by atoms with van der Waals surface area (Å²) in [6, 6.07) is 15.7. The summed E-state index contributed by atoms with van der Waals surface area (Å²) < 4.78 is 33.4. The molecular formula is C23H26N2O4S. The first kappa shape index (κ1) is 20.6. The lowest BCUT2D eigenvalue weighted by Crippen LogP contribution is -2.35. The van der Waals surface area contributed by atoms with Gasteiger partial charge >= 0.3 is 0 Å². The fourth-order valence-electron chi connectivity index (χ4n) is 3.82. The van der Waals surface area contributed by atoms with Crippen molar-refractivity contribution in [3.05, 3.63) is 65.9 Å². The van der Waals surface area contributed by atoms with Crippen molar-refractivity contribution in [3.8, 4) is 0 Å². The number of furan rings is 1. The molecule has 0 spiro atoms. The molecule has 0 unspecified atom stereocenters. The quantitative estimate of drug-likeness (QED) is 0.605. The van der Waals surface area contributed by atoms with Crippen LogP contribution in [0.2, 0.25) is 0 Å². The van der Waals surface area contributed by atoms with Gasteiger partial charge in [0.15, 0.2) is 0 Å². The summed E-state index contributed by atoms with van der Waals surface area (Å²) in [7, 11) is -1.89. The first-order valence-corrected chi connectivity index (χ1v) is 11.7. The normalized spacial score (nSPS) is 16.5. The number of rotatable bonds is 5. The van der Waals surface area contributed by atoms with Gasteiger partial charge in [-0.05, 0) is 50.1 Å². The van der Waals surface area contributed by atoms with Gasteiger partial charge in [-0.1, -0.05) is 30.7 Å². The number of sulfonamides is 1. The minimum absolute atomic E-state index is 0.167. The lowest BCUT2D eigenvalue weighted by Gasteiger charge is -2.26. The van der Waals surface area contributed by atoms with Crippen molar-refractivity contribution < 1.29 is 17.6 Å². The number of nitrogens with zero attached hydrogens (tertiary/aromatic N) is 2. The average molecular weight is 427 g/mol. The first-order chi connectivity index (χ1) is 14.4. The van der Waals surface area contributed by atoms with E-state index in [0.717, 1.165) is 30.2 Å². The van der Waals surface area contributed by atoms with Crippen molar-refractivity contribution in [3.63, 3.8) is 0 Å². The monoisotopic (exact) mass is 426 g/mol. The Morgan fingerprint density at radius 2 is 1.77 bits per heavy atom. The van der Waals surface area contributed by atoms with Crippen LogP contribution in [0.25, 0.3) is 11.0 Å². The summed E-state index contributed by atoms with van der Waals surface area (Å²) in [6.07, 6.45) is 2.79. The van der Waals surface area contributed by atoms with E-state index >= 15 is 0 Å². The fraction of sp³-hybridized carbons (Fsp3) is 0.348. The average Bonchev–Trinajstić information content (AvgIpc) is 3.22. The number of piperidine rings is 1. The van der Waals surface area contributed by atoms with Crippen molar-refractivity contribution >= 4 is 26.9 Å². The molecule has 4 rings (SSSR count). The van der Waals surface area contributed by atoms with Crippen LogP contribution >= 0.6 is 0 Å². The Balaban J connectivity index is 1.57. The molecule has 2 aromatic carbocycles. The zero-order chi connectivity index (χ0) is 21.3. The molecule has 2 heterocycles. The van der Waals surface area contributed by atoms with Crippen molar-refractivity contribution in [2.75, 3.05) is 20.1 Å². The number of carbonyl (C=O) groups is 1. The Morgan fingerprint density at radius 1 is 1.03 bits per heavy atom. The lowest BCUT2D eigenvalue weighted by molar-refractivity contribution is 0.0727. The van der Waals surface area contributed by atoms with Gasteiger partial charge in [0.05, 0.1) is 10.9 Å². The molecule has 0 aliphatic carbocycles. The Hall–Kier alpha value is -2.64. The third-order valence-corrected chi connectivity index (χ3v) is 7.69. The summed E-state index contributed by atoms with van der Waals surface area (Å²) in [5.74, 6) is 0.433. The van der Waals surface area contributed by atoms with Gasteiger partial charge in [0.2, 0.25) is 10.0 Å². The molecular weight excluding hydrogens is 400 g/mol. The molecule has 0 N–H and O–H groups in total. The summed E-state index contributed by atoms with van der Waals surface area (Å²) in [6.45, 7) is 2.96. The van der Waals surface area contributed by atoms with E-state index < -0.39 is 10.0 Å². The maximum absolute atomic E-state index is 13.1. The van der Waals surface area contributed by atoms with Gasteiger partial charge in [-0.25, -0.2) is 8.42 Å². The maximum atomic E-state index is 13.1. The van der Waals surface area contributed by atoms with Crippen LogP contribution in [0.3, 0.4) is 0 Å². The van der Waals surface area contributed by atoms with Crippen molar-refractivity contribution in [2.24, 2.45) is 0 Å². The molecule has 1 aliphatic heterocycles. The van der Waals surface area contributed by atoms with Gasteiger partial charge in [-0.15, -0.1) is 0 Å². The van der Waals surface area contributed by atoms with Gasteiger partial charge in [0, 0.05) is 31.1 Å². The number of carbonyl (C=O) groups excluding carboxylic acids is 1. The smallest absolute Gasteiger partial charge is 0.254 e. The second kappa shape index (κ2) is 8.24. The molecule has 0 saturated carbocycles. The molecule has 1 amide bonds. The molecule has 7 heteroatoms. The Labute approximate surface area is 177 Å². The van der Waals surface area contributed by atoms with Gasteiger partial charge in [-0.3, -0.25) is 4.79 Å². The van der Waals surface area contributed by atoms with E-state index in [9.17, 15) is 13.2 Å². The molecule has 0 bridgehead atoms. The minimum Gasteiger partial charge on any atom is -0.459 e. The highest BCUT2D eigenvalue weighted by molar-refractivity contribution is 7.89. The van der Waals surface area contributed by atoms with Crippen LogP contribution < -0.4 is 0 Å². The lowest BCUT2D eigenvalue weighted by atomic mass is 10.1. The van der Waals surface area contributed by atoms with Crippen LogP contribution in [0, 0.1) is 0 Å². The van der Waals surface area contributed by atoms with E-state index in [2.05, 4.69) is 0 Å². The van der Waals surface area contributed by atoms with E-state index in [1.165, 1.54) is 10.4 Å². The standard InChI is InChI=1S/C23H26N2O4S/c1-17(22-16-18-9-4-5-12-21(18)29-22)24(2)23(26)19-10-8-11-20(15-19)30(27,28)25-13-6-3-7-14-25/h4-5,8-12,15-17H,3,6-7,13-14H2,1-2H3/t17-/m0/s1. The van der Waals surface area contributed by atoms with E-state index in [4.69, 9.17) is 4.42 Å². The molecule has 1 atom stereocenters. The predicted octanol–water partition coefficient (Wildman–Crippen LogP) is 4.44. The Kier molecular flexibility index (Phi) is 5.66. The zero-order valence-electron chi connectivity index (χ0n) is 17.2. The van der Waals surface area contributed by atoms with Crippen LogP contribution in [-0.2, 0) is 10.0 Å². The highest BCUT2D eigenvalue weighted by Gasteiger charge is 2.28. The largest absolute Gasteiger partial charge is 0.459 e. The number of hydrogen-bond acceptors (Lipinski definition) is 4. The third-order valence-electron chi connectivity index (χ3n) is 5.79.